The van der Waals surface area contributed by atoms with Gasteiger partial charge < -0.3 is 6.15 Å². The van der Waals surface area contributed by atoms with Gasteiger partial charge in [-0.05, 0) is 17.7 Å². The van der Waals surface area contributed by atoms with E-state index in [1.807, 2.05) is 6.07 Å². The Hall–Kier alpha value is -0.860. The van der Waals surface area contributed by atoms with Crippen molar-refractivity contribution in [2.45, 2.75) is 0 Å². The summed E-state index contributed by atoms with van der Waals surface area (Å²) in [5.74, 6) is 0. The zero-order valence-corrected chi connectivity index (χ0v) is 6.30. The van der Waals surface area contributed by atoms with E-state index in [2.05, 4.69) is 11.6 Å². The third-order valence-electron chi connectivity index (χ3n) is 0.986. The van der Waals surface area contributed by atoms with Crippen LogP contribution in [0.5, 0.6) is 0 Å². The normalized spacial score (nSPS) is 8.10. The number of hydrogen-bond donors (Lipinski definition) is 1. The third-order valence-corrected chi connectivity index (χ3v) is 1.19. The van der Waals surface area contributed by atoms with Gasteiger partial charge in [0, 0.05) is 6.20 Å². The number of pyridine rings is 1. The predicted octanol–water partition coefficient (Wildman–Crippen LogP) is 2.54. The van der Waals surface area contributed by atoms with Gasteiger partial charge >= 0.3 is 0 Å². The number of aromatic nitrogens is 1. The predicted molar refractivity (Wildman–Crippen MR) is 44.4 cm³/mol. The molecule has 0 fully saturated rings. The van der Waals surface area contributed by atoms with Gasteiger partial charge in [-0.2, -0.15) is 0 Å². The molecule has 0 aromatic carbocycles. The summed E-state index contributed by atoms with van der Waals surface area (Å²) in [4.78, 5) is 3.81. The van der Waals surface area contributed by atoms with Gasteiger partial charge in [0.05, 0.1) is 0 Å². The lowest BCUT2D eigenvalue weighted by Gasteiger charge is -1.89. The highest BCUT2D eigenvalue weighted by Gasteiger charge is 1.86. The van der Waals surface area contributed by atoms with Gasteiger partial charge in [0.2, 0.25) is 0 Å². The minimum absolute atomic E-state index is 0. The smallest absolute Gasteiger partial charge is 0.129 e. The highest BCUT2D eigenvalue weighted by atomic mass is 35.5. The zero-order chi connectivity index (χ0) is 6.69. The van der Waals surface area contributed by atoms with Crippen LogP contribution in [0.1, 0.15) is 5.56 Å². The first-order chi connectivity index (χ1) is 4.33. The Bertz CT molecular complexity index is 223. The molecule has 54 valence electrons. The van der Waals surface area contributed by atoms with Crippen LogP contribution in [-0.4, -0.2) is 4.98 Å². The van der Waals surface area contributed by atoms with E-state index in [0.717, 1.165) is 5.56 Å². The maximum Gasteiger partial charge on any atom is 0.129 e. The molecular weight excluding hydrogens is 148 g/mol. The molecule has 1 rings (SSSR count). The van der Waals surface area contributed by atoms with Crippen molar-refractivity contribution in [3.05, 3.63) is 35.6 Å². The second-order valence-corrected chi connectivity index (χ2v) is 2.00. The summed E-state index contributed by atoms with van der Waals surface area (Å²) in [6.07, 6.45) is 3.38. The molecule has 0 radical (unpaired) electrons. The van der Waals surface area contributed by atoms with Gasteiger partial charge in [0.15, 0.2) is 0 Å². The molecule has 0 atom stereocenters. The lowest BCUT2D eigenvalue weighted by molar-refractivity contribution is 1.32. The molecule has 0 saturated heterocycles. The van der Waals surface area contributed by atoms with Crippen LogP contribution in [0.4, 0.5) is 0 Å². The Labute approximate surface area is 65.1 Å². The number of nitrogens with zero attached hydrogens (tertiary/aromatic N) is 1. The van der Waals surface area contributed by atoms with Gasteiger partial charge in [-0.1, -0.05) is 24.3 Å². The quantitative estimate of drug-likeness (QED) is 0.636. The lowest BCUT2D eigenvalue weighted by Crippen LogP contribution is -1.74. The first-order valence-electron chi connectivity index (χ1n) is 2.57. The molecular formula is C7H9ClN2. The molecule has 1 aromatic rings. The van der Waals surface area contributed by atoms with Crippen LogP contribution < -0.4 is 6.15 Å². The van der Waals surface area contributed by atoms with Crippen LogP contribution in [-0.2, 0) is 0 Å². The molecule has 0 saturated carbocycles. The van der Waals surface area contributed by atoms with Crippen molar-refractivity contribution in [1.82, 2.24) is 11.1 Å². The summed E-state index contributed by atoms with van der Waals surface area (Å²) in [5.41, 5.74) is 0.995. The van der Waals surface area contributed by atoms with Gasteiger partial charge in [-0.25, -0.2) is 4.98 Å². The first-order valence-corrected chi connectivity index (χ1v) is 2.95. The molecule has 10 heavy (non-hydrogen) atoms. The van der Waals surface area contributed by atoms with Crippen molar-refractivity contribution in [2.75, 3.05) is 0 Å². The largest absolute Gasteiger partial charge is 0.344 e. The Balaban J connectivity index is 0.000000810. The third kappa shape index (κ3) is 2.17. The van der Waals surface area contributed by atoms with Gasteiger partial charge in [0.25, 0.3) is 0 Å². The van der Waals surface area contributed by atoms with Crippen molar-refractivity contribution in [2.24, 2.45) is 0 Å². The van der Waals surface area contributed by atoms with E-state index in [0.29, 0.717) is 5.15 Å². The van der Waals surface area contributed by atoms with Crippen molar-refractivity contribution < 1.29 is 0 Å². The molecule has 0 spiro atoms. The minimum atomic E-state index is 0. The van der Waals surface area contributed by atoms with Crippen LogP contribution >= 0.6 is 11.6 Å². The summed E-state index contributed by atoms with van der Waals surface area (Å²) in [7, 11) is 0. The van der Waals surface area contributed by atoms with E-state index in [1.54, 1.807) is 18.3 Å². The summed E-state index contributed by atoms with van der Waals surface area (Å²) >= 11 is 5.56. The van der Waals surface area contributed by atoms with E-state index >= 15 is 0 Å². The van der Waals surface area contributed by atoms with E-state index < -0.39 is 0 Å². The number of halogens is 1. The second kappa shape index (κ2) is 4.04. The standard InChI is InChI=1S/C7H6ClN.H3N/c1-2-6-3-4-9-7(8)5-6;/h2-5H,1H2;1H3. The highest BCUT2D eigenvalue weighted by molar-refractivity contribution is 6.29. The van der Waals surface area contributed by atoms with Crippen molar-refractivity contribution >= 4 is 17.7 Å². The summed E-state index contributed by atoms with van der Waals surface area (Å²) < 4.78 is 0. The fourth-order valence-electron chi connectivity index (χ4n) is 0.544. The molecule has 2 nitrogen and oxygen atoms in total. The maximum atomic E-state index is 5.56. The van der Waals surface area contributed by atoms with E-state index in [-0.39, 0.29) is 6.15 Å². The molecule has 1 heterocycles. The van der Waals surface area contributed by atoms with Gasteiger partial charge in [-0.3, -0.25) is 0 Å². The zero-order valence-electron chi connectivity index (χ0n) is 5.55. The minimum Gasteiger partial charge on any atom is -0.344 e. The highest BCUT2D eigenvalue weighted by Crippen LogP contribution is 2.06. The van der Waals surface area contributed by atoms with Crippen LogP contribution in [0.3, 0.4) is 0 Å². The topological polar surface area (TPSA) is 47.9 Å². The molecule has 3 N–H and O–H groups in total. The molecule has 0 aliphatic rings. The van der Waals surface area contributed by atoms with Gasteiger partial charge in [-0.15, -0.1) is 0 Å². The molecule has 0 unspecified atom stereocenters. The number of hydrogen-bond acceptors (Lipinski definition) is 2. The molecule has 3 heteroatoms. The SMILES string of the molecule is C=Cc1ccnc(Cl)c1.N. The average Bonchev–Trinajstić information content (AvgIpc) is 1.88. The van der Waals surface area contributed by atoms with E-state index in [9.17, 15) is 0 Å². The Morgan fingerprint density at radius 1 is 1.60 bits per heavy atom. The summed E-state index contributed by atoms with van der Waals surface area (Å²) in [6, 6.07) is 3.60. The van der Waals surface area contributed by atoms with Crippen LogP contribution in [0.15, 0.2) is 24.9 Å². The van der Waals surface area contributed by atoms with Crippen molar-refractivity contribution in [3.63, 3.8) is 0 Å². The van der Waals surface area contributed by atoms with Crippen LogP contribution in [0.25, 0.3) is 6.08 Å². The summed E-state index contributed by atoms with van der Waals surface area (Å²) in [5, 5.41) is 0.507. The second-order valence-electron chi connectivity index (χ2n) is 1.62. The monoisotopic (exact) mass is 156 g/mol. The van der Waals surface area contributed by atoms with Crippen LogP contribution in [0, 0.1) is 0 Å². The molecule has 0 aliphatic heterocycles. The molecule has 1 aromatic heterocycles. The first kappa shape index (κ1) is 9.14. The Morgan fingerprint density at radius 3 is 2.70 bits per heavy atom. The van der Waals surface area contributed by atoms with E-state index in [4.69, 9.17) is 11.6 Å². The Kier molecular flexibility index (Phi) is 3.69. The fourth-order valence-corrected chi connectivity index (χ4v) is 0.727. The average molecular weight is 157 g/mol. The molecule has 0 bridgehead atoms. The molecule has 0 aliphatic carbocycles. The lowest BCUT2D eigenvalue weighted by atomic mass is 10.3. The maximum absolute atomic E-state index is 5.56. The van der Waals surface area contributed by atoms with Crippen molar-refractivity contribution in [3.8, 4) is 0 Å². The molecule has 0 amide bonds. The van der Waals surface area contributed by atoms with Crippen molar-refractivity contribution in [1.29, 1.82) is 0 Å². The number of rotatable bonds is 1. The fraction of sp³-hybridized carbons (Fsp3) is 0. The van der Waals surface area contributed by atoms with E-state index in [1.165, 1.54) is 0 Å². The van der Waals surface area contributed by atoms with Gasteiger partial charge in [0.1, 0.15) is 5.15 Å². The Morgan fingerprint density at radius 2 is 2.30 bits per heavy atom. The van der Waals surface area contributed by atoms with Crippen LogP contribution in [0.2, 0.25) is 5.15 Å². The summed E-state index contributed by atoms with van der Waals surface area (Å²) in [6.45, 7) is 3.59.